The minimum absolute atomic E-state index is 0.0212. The fraction of sp³-hybridized carbons (Fsp3) is 0.615. The molecule has 7 heteroatoms. The maximum absolute atomic E-state index is 12.5. The second-order valence-electron chi connectivity index (χ2n) is 6.28. The molecule has 114 valence electrons. The SMILES string of the molecule is CC(C)(C)[Si](C)(C)OCc1ccc(C(F)(F)F)c[n+]1[O-]. The van der Waals surface area contributed by atoms with E-state index < -0.39 is 20.1 Å². The highest BCUT2D eigenvalue weighted by Gasteiger charge is 2.38. The molecule has 0 N–H and O–H groups in total. The van der Waals surface area contributed by atoms with Crippen LogP contribution in [0.5, 0.6) is 0 Å². The smallest absolute Gasteiger partial charge is 0.422 e. The fourth-order valence-electron chi connectivity index (χ4n) is 1.26. The predicted octanol–water partition coefficient (Wildman–Crippen LogP) is 3.86. The van der Waals surface area contributed by atoms with Gasteiger partial charge in [-0.15, -0.1) is 0 Å². The van der Waals surface area contributed by atoms with Crippen LogP contribution in [0.25, 0.3) is 0 Å². The van der Waals surface area contributed by atoms with Gasteiger partial charge < -0.3 is 9.63 Å². The number of rotatable bonds is 3. The van der Waals surface area contributed by atoms with E-state index >= 15 is 0 Å². The first kappa shape index (κ1) is 17.0. The maximum atomic E-state index is 12.5. The molecule has 0 amide bonds. The van der Waals surface area contributed by atoms with Gasteiger partial charge in [-0.25, -0.2) is 0 Å². The lowest BCUT2D eigenvalue weighted by Gasteiger charge is -2.35. The number of aromatic nitrogens is 1. The average Bonchev–Trinajstić information content (AvgIpc) is 2.24. The van der Waals surface area contributed by atoms with Crippen LogP contribution in [-0.2, 0) is 17.2 Å². The van der Waals surface area contributed by atoms with Crippen LogP contribution in [0.2, 0.25) is 18.1 Å². The van der Waals surface area contributed by atoms with E-state index in [1.807, 2.05) is 13.1 Å². The fourth-order valence-corrected chi connectivity index (χ4v) is 2.20. The molecule has 0 spiro atoms. The summed E-state index contributed by atoms with van der Waals surface area (Å²) in [6.07, 6.45) is -3.96. The molecule has 0 aromatic carbocycles. The molecule has 0 aliphatic carbocycles. The van der Waals surface area contributed by atoms with Crippen molar-refractivity contribution in [3.8, 4) is 0 Å². The normalized spacial score (nSPS) is 13.6. The van der Waals surface area contributed by atoms with Gasteiger partial charge in [-0.1, -0.05) is 20.8 Å². The summed E-state index contributed by atoms with van der Waals surface area (Å²) < 4.78 is 43.4. The van der Waals surface area contributed by atoms with Gasteiger partial charge in [-0.2, -0.15) is 17.9 Å². The molecule has 0 saturated carbocycles. The van der Waals surface area contributed by atoms with Gasteiger partial charge in [-0.05, 0) is 24.2 Å². The molecule has 20 heavy (non-hydrogen) atoms. The molecular weight excluding hydrogens is 287 g/mol. The third-order valence-electron chi connectivity index (χ3n) is 3.71. The Hall–Kier alpha value is -1.08. The number of pyridine rings is 1. The highest BCUT2D eigenvalue weighted by Crippen LogP contribution is 2.37. The molecule has 0 saturated heterocycles. The Morgan fingerprint density at radius 2 is 1.75 bits per heavy atom. The topological polar surface area (TPSA) is 36.2 Å². The van der Waals surface area contributed by atoms with Gasteiger partial charge in [0.15, 0.2) is 14.5 Å². The maximum Gasteiger partial charge on any atom is 0.422 e. The highest BCUT2D eigenvalue weighted by molar-refractivity contribution is 6.74. The van der Waals surface area contributed by atoms with Crippen LogP contribution in [0, 0.1) is 5.21 Å². The van der Waals surface area contributed by atoms with E-state index in [-0.39, 0.29) is 22.1 Å². The molecule has 0 aliphatic rings. The van der Waals surface area contributed by atoms with Gasteiger partial charge in [0.1, 0.15) is 12.2 Å². The Morgan fingerprint density at radius 3 is 2.15 bits per heavy atom. The quantitative estimate of drug-likeness (QED) is 0.483. The first-order valence-electron chi connectivity index (χ1n) is 6.28. The van der Waals surface area contributed by atoms with Crippen molar-refractivity contribution in [2.45, 2.75) is 51.7 Å². The largest absolute Gasteiger partial charge is 0.618 e. The summed E-state index contributed by atoms with van der Waals surface area (Å²) in [6, 6.07) is 2.07. The van der Waals surface area contributed by atoms with Gasteiger partial charge in [0, 0.05) is 6.07 Å². The van der Waals surface area contributed by atoms with Crippen molar-refractivity contribution in [3.05, 3.63) is 34.8 Å². The molecule has 0 unspecified atom stereocenters. The number of hydrogen-bond acceptors (Lipinski definition) is 2. The zero-order valence-electron chi connectivity index (χ0n) is 12.3. The molecule has 1 aromatic heterocycles. The van der Waals surface area contributed by atoms with E-state index in [0.717, 1.165) is 6.07 Å². The Labute approximate surface area is 118 Å². The summed E-state index contributed by atoms with van der Waals surface area (Å²) in [4.78, 5) is 0. The molecule has 1 aromatic rings. The minimum atomic E-state index is -4.51. The van der Waals surface area contributed by atoms with Crippen LogP contribution in [0.1, 0.15) is 32.0 Å². The predicted molar refractivity (Wildman–Crippen MR) is 72.4 cm³/mol. The van der Waals surface area contributed by atoms with Gasteiger partial charge >= 0.3 is 6.18 Å². The van der Waals surface area contributed by atoms with Crippen molar-refractivity contribution in [2.24, 2.45) is 0 Å². The van der Waals surface area contributed by atoms with Crippen LogP contribution in [0.15, 0.2) is 18.3 Å². The third-order valence-corrected chi connectivity index (χ3v) is 8.19. The van der Waals surface area contributed by atoms with E-state index in [4.69, 9.17) is 4.43 Å². The van der Waals surface area contributed by atoms with Crippen molar-refractivity contribution in [2.75, 3.05) is 0 Å². The monoisotopic (exact) mass is 307 g/mol. The summed E-state index contributed by atoms with van der Waals surface area (Å²) in [5.74, 6) is 0. The van der Waals surface area contributed by atoms with E-state index in [0.29, 0.717) is 6.20 Å². The standard InChI is InChI=1S/C13H20F3NO2Si/c1-12(2,3)20(4,5)19-9-11-7-6-10(8-17(11)18)13(14,15)16/h6-8H,9H2,1-5H3. The lowest BCUT2D eigenvalue weighted by Crippen LogP contribution is -2.42. The number of nitrogens with zero attached hydrogens (tertiary/aromatic N) is 1. The number of alkyl halides is 3. The molecule has 0 radical (unpaired) electrons. The second kappa shape index (κ2) is 5.36. The summed E-state index contributed by atoms with van der Waals surface area (Å²) >= 11 is 0. The van der Waals surface area contributed by atoms with Crippen LogP contribution in [0.4, 0.5) is 13.2 Å². The van der Waals surface area contributed by atoms with Crippen molar-refractivity contribution >= 4 is 8.32 Å². The van der Waals surface area contributed by atoms with E-state index in [1.54, 1.807) is 0 Å². The molecule has 0 fully saturated rings. The number of hydrogen-bond donors (Lipinski definition) is 0. The van der Waals surface area contributed by atoms with Gasteiger partial charge in [0.25, 0.3) is 0 Å². The van der Waals surface area contributed by atoms with Crippen molar-refractivity contribution < 1.29 is 22.3 Å². The van der Waals surface area contributed by atoms with Gasteiger partial charge in [0.05, 0.1) is 0 Å². The summed E-state index contributed by atoms with van der Waals surface area (Å²) in [7, 11) is -2.04. The van der Waals surface area contributed by atoms with Gasteiger partial charge in [-0.3, -0.25) is 0 Å². The Balaban J connectivity index is 2.86. The molecule has 0 aliphatic heterocycles. The molecule has 0 bridgehead atoms. The molecule has 3 nitrogen and oxygen atoms in total. The Kier molecular flexibility index (Phi) is 4.55. The van der Waals surface area contributed by atoms with Crippen LogP contribution in [-0.4, -0.2) is 8.32 Å². The lowest BCUT2D eigenvalue weighted by molar-refractivity contribution is -0.617. The molecule has 1 rings (SSSR count). The summed E-state index contributed by atoms with van der Waals surface area (Å²) in [5.41, 5.74) is -0.772. The molecular formula is C13H20F3NO2Si. The zero-order chi connectivity index (χ0) is 15.8. The lowest BCUT2D eigenvalue weighted by atomic mass is 10.2. The van der Waals surface area contributed by atoms with Crippen molar-refractivity contribution in [3.63, 3.8) is 0 Å². The van der Waals surface area contributed by atoms with Crippen molar-refractivity contribution in [1.29, 1.82) is 0 Å². The van der Waals surface area contributed by atoms with Crippen LogP contribution < -0.4 is 4.73 Å². The van der Waals surface area contributed by atoms with Gasteiger partial charge in [0.2, 0.25) is 5.69 Å². The van der Waals surface area contributed by atoms with Crippen LogP contribution >= 0.6 is 0 Å². The summed E-state index contributed by atoms with van der Waals surface area (Å²) in [6.45, 7) is 10.2. The minimum Gasteiger partial charge on any atom is -0.618 e. The highest BCUT2D eigenvalue weighted by atomic mass is 28.4. The average molecular weight is 307 g/mol. The van der Waals surface area contributed by atoms with E-state index in [9.17, 15) is 18.4 Å². The first-order valence-corrected chi connectivity index (χ1v) is 9.19. The first-order chi connectivity index (χ1) is 8.84. The Morgan fingerprint density at radius 1 is 1.20 bits per heavy atom. The zero-order valence-corrected chi connectivity index (χ0v) is 13.3. The number of halogens is 3. The Bertz CT molecular complexity index is 481. The summed E-state index contributed by atoms with van der Waals surface area (Å²) in [5, 5.41) is 11.6. The molecule has 0 atom stereocenters. The van der Waals surface area contributed by atoms with Crippen LogP contribution in [0.3, 0.4) is 0 Å². The molecule has 1 heterocycles. The van der Waals surface area contributed by atoms with E-state index in [2.05, 4.69) is 20.8 Å². The van der Waals surface area contributed by atoms with E-state index in [1.165, 1.54) is 6.07 Å². The third kappa shape index (κ3) is 3.96. The second-order valence-corrected chi connectivity index (χ2v) is 11.1. The van der Waals surface area contributed by atoms with Crippen molar-refractivity contribution in [1.82, 2.24) is 0 Å².